The van der Waals surface area contributed by atoms with Gasteiger partial charge in [-0.25, -0.2) is 4.39 Å². The first-order chi connectivity index (χ1) is 14.9. The minimum atomic E-state index is -0.492. The largest absolute Gasteiger partial charge is 0.493 e. The molecule has 1 heterocycles. The summed E-state index contributed by atoms with van der Waals surface area (Å²) in [6.07, 6.45) is 3.23. The Bertz CT molecular complexity index is 988. The monoisotopic (exact) mass is 446 g/mol. The molecule has 0 bridgehead atoms. The van der Waals surface area contributed by atoms with Gasteiger partial charge in [-0.05, 0) is 48.9 Å². The Kier molecular flexibility index (Phi) is 7.52. The van der Waals surface area contributed by atoms with Gasteiger partial charge in [-0.3, -0.25) is 9.59 Å². The van der Waals surface area contributed by atoms with Crippen molar-refractivity contribution >= 4 is 29.5 Å². The third kappa shape index (κ3) is 5.55. The molecule has 2 aromatic carbocycles. The normalized spacial score (nSPS) is 14.1. The van der Waals surface area contributed by atoms with Gasteiger partial charge in [-0.1, -0.05) is 17.7 Å². The molecule has 6 nitrogen and oxygen atoms in total. The summed E-state index contributed by atoms with van der Waals surface area (Å²) in [4.78, 5) is 28.5. The van der Waals surface area contributed by atoms with E-state index in [9.17, 15) is 14.0 Å². The van der Waals surface area contributed by atoms with Crippen LogP contribution in [0.25, 0.3) is 6.08 Å². The third-order valence-corrected chi connectivity index (χ3v) is 5.26. The van der Waals surface area contributed by atoms with E-state index in [1.807, 2.05) is 19.1 Å². The van der Waals surface area contributed by atoms with E-state index in [1.165, 1.54) is 18.2 Å². The van der Waals surface area contributed by atoms with Gasteiger partial charge in [0.1, 0.15) is 5.82 Å². The van der Waals surface area contributed by atoms with Crippen LogP contribution in [0.3, 0.4) is 0 Å². The standard InChI is InChI=1S/C23H24ClFN2O4/c1-3-31-21-14-16(4-8-20(21)30-2)5-9-22(28)26-10-12-27(13-11-26)23(29)18-7-6-17(25)15-19(18)24/h4-9,14-15H,3,10-13H2,1-2H3/b9-5+. The average Bonchev–Trinajstić information content (AvgIpc) is 2.77. The van der Waals surface area contributed by atoms with Crippen molar-refractivity contribution in [1.29, 1.82) is 0 Å². The van der Waals surface area contributed by atoms with Gasteiger partial charge in [0.2, 0.25) is 5.91 Å². The zero-order chi connectivity index (χ0) is 22.4. The van der Waals surface area contributed by atoms with Crippen molar-refractivity contribution in [2.24, 2.45) is 0 Å². The molecule has 31 heavy (non-hydrogen) atoms. The van der Waals surface area contributed by atoms with Crippen LogP contribution in [0.4, 0.5) is 4.39 Å². The molecule has 0 saturated carbocycles. The predicted octanol–water partition coefficient (Wildman–Crippen LogP) is 3.88. The molecule has 8 heteroatoms. The SMILES string of the molecule is CCOc1cc(/C=C/C(=O)N2CCN(C(=O)c3ccc(F)cc3Cl)CC2)ccc1OC. The lowest BCUT2D eigenvalue weighted by atomic mass is 10.1. The topological polar surface area (TPSA) is 59.1 Å². The van der Waals surface area contributed by atoms with Crippen LogP contribution in [-0.4, -0.2) is 61.5 Å². The van der Waals surface area contributed by atoms with E-state index in [1.54, 1.807) is 29.1 Å². The quantitative estimate of drug-likeness (QED) is 0.632. The molecule has 0 radical (unpaired) electrons. The van der Waals surface area contributed by atoms with Crippen LogP contribution >= 0.6 is 11.6 Å². The molecule has 1 saturated heterocycles. The van der Waals surface area contributed by atoms with Crippen LogP contribution in [0.1, 0.15) is 22.8 Å². The van der Waals surface area contributed by atoms with Gasteiger partial charge in [-0.15, -0.1) is 0 Å². The lowest BCUT2D eigenvalue weighted by molar-refractivity contribution is -0.127. The lowest BCUT2D eigenvalue weighted by Gasteiger charge is -2.34. The summed E-state index contributed by atoms with van der Waals surface area (Å²) in [5.41, 5.74) is 1.07. The number of hydrogen-bond acceptors (Lipinski definition) is 4. The fraction of sp³-hybridized carbons (Fsp3) is 0.304. The first-order valence-electron chi connectivity index (χ1n) is 9.95. The summed E-state index contributed by atoms with van der Waals surface area (Å²) < 4.78 is 24.0. The van der Waals surface area contributed by atoms with Gasteiger partial charge in [-0.2, -0.15) is 0 Å². The predicted molar refractivity (Wildman–Crippen MR) is 117 cm³/mol. The van der Waals surface area contributed by atoms with Crippen LogP contribution in [0.2, 0.25) is 5.02 Å². The second-order valence-corrected chi connectivity index (χ2v) is 7.33. The zero-order valence-corrected chi connectivity index (χ0v) is 18.2. The Morgan fingerprint density at radius 3 is 2.42 bits per heavy atom. The van der Waals surface area contributed by atoms with Crippen LogP contribution in [0, 0.1) is 5.82 Å². The van der Waals surface area contributed by atoms with E-state index in [0.29, 0.717) is 44.3 Å². The summed E-state index contributed by atoms with van der Waals surface area (Å²) in [7, 11) is 1.57. The van der Waals surface area contributed by atoms with Crippen molar-refractivity contribution in [3.05, 3.63) is 64.4 Å². The molecule has 3 rings (SSSR count). The van der Waals surface area contributed by atoms with E-state index in [0.717, 1.165) is 11.6 Å². The number of halogens is 2. The molecule has 164 valence electrons. The van der Waals surface area contributed by atoms with Gasteiger partial charge in [0.15, 0.2) is 11.5 Å². The van der Waals surface area contributed by atoms with Crippen LogP contribution in [0.5, 0.6) is 11.5 Å². The summed E-state index contributed by atoms with van der Waals surface area (Å²) in [6.45, 7) is 3.96. The number of ether oxygens (including phenoxy) is 2. The summed E-state index contributed by atoms with van der Waals surface area (Å²) in [5.74, 6) is 0.350. The second-order valence-electron chi connectivity index (χ2n) is 6.92. The molecule has 0 atom stereocenters. The lowest BCUT2D eigenvalue weighted by Crippen LogP contribution is -2.50. The minimum absolute atomic E-state index is 0.0809. The number of piperazine rings is 1. The van der Waals surface area contributed by atoms with Crippen molar-refractivity contribution in [1.82, 2.24) is 9.80 Å². The molecule has 0 spiro atoms. The van der Waals surface area contributed by atoms with Crippen LogP contribution in [-0.2, 0) is 4.79 Å². The average molecular weight is 447 g/mol. The van der Waals surface area contributed by atoms with E-state index < -0.39 is 5.82 Å². The molecule has 0 unspecified atom stereocenters. The van der Waals surface area contributed by atoms with Crippen LogP contribution < -0.4 is 9.47 Å². The van der Waals surface area contributed by atoms with Gasteiger partial charge >= 0.3 is 0 Å². The molecule has 0 N–H and O–H groups in total. The highest BCUT2D eigenvalue weighted by atomic mass is 35.5. The number of carbonyl (C=O) groups is 2. The molecule has 2 amide bonds. The Labute approximate surface area is 185 Å². The Morgan fingerprint density at radius 2 is 1.77 bits per heavy atom. The highest BCUT2D eigenvalue weighted by molar-refractivity contribution is 6.33. The molecule has 1 fully saturated rings. The number of amides is 2. The van der Waals surface area contributed by atoms with Gasteiger partial charge in [0.25, 0.3) is 5.91 Å². The maximum Gasteiger partial charge on any atom is 0.255 e. The maximum absolute atomic E-state index is 13.2. The summed E-state index contributed by atoms with van der Waals surface area (Å²) in [5, 5.41) is 0.0809. The first-order valence-corrected chi connectivity index (χ1v) is 10.3. The Morgan fingerprint density at radius 1 is 1.06 bits per heavy atom. The fourth-order valence-corrected chi connectivity index (χ4v) is 3.55. The second kappa shape index (κ2) is 10.3. The van der Waals surface area contributed by atoms with Crippen molar-refractivity contribution in [3.63, 3.8) is 0 Å². The Hall–Kier alpha value is -3.06. The first kappa shape index (κ1) is 22.6. The summed E-state index contributed by atoms with van der Waals surface area (Å²) in [6, 6.07) is 9.16. The molecule has 0 aromatic heterocycles. The van der Waals surface area contributed by atoms with Crippen molar-refractivity contribution in [2.75, 3.05) is 39.9 Å². The maximum atomic E-state index is 13.2. The molecular weight excluding hydrogens is 423 g/mol. The fourth-order valence-electron chi connectivity index (χ4n) is 3.30. The highest BCUT2D eigenvalue weighted by Crippen LogP contribution is 2.28. The van der Waals surface area contributed by atoms with Gasteiger partial charge in [0.05, 0.1) is 24.3 Å². The van der Waals surface area contributed by atoms with E-state index in [2.05, 4.69) is 0 Å². The number of rotatable bonds is 6. The minimum Gasteiger partial charge on any atom is -0.493 e. The van der Waals surface area contributed by atoms with Crippen molar-refractivity contribution in [3.8, 4) is 11.5 Å². The van der Waals surface area contributed by atoms with E-state index >= 15 is 0 Å². The van der Waals surface area contributed by atoms with E-state index in [-0.39, 0.29) is 22.4 Å². The molecule has 1 aliphatic heterocycles. The number of methoxy groups -OCH3 is 1. The van der Waals surface area contributed by atoms with E-state index in [4.69, 9.17) is 21.1 Å². The number of hydrogen-bond donors (Lipinski definition) is 0. The third-order valence-electron chi connectivity index (χ3n) is 4.95. The molecular formula is C23H24ClFN2O4. The number of carbonyl (C=O) groups excluding carboxylic acids is 2. The Balaban J connectivity index is 1.59. The molecule has 1 aliphatic rings. The smallest absolute Gasteiger partial charge is 0.255 e. The summed E-state index contributed by atoms with van der Waals surface area (Å²) >= 11 is 5.99. The van der Waals surface area contributed by atoms with Gasteiger partial charge < -0.3 is 19.3 Å². The number of nitrogens with zero attached hydrogens (tertiary/aromatic N) is 2. The zero-order valence-electron chi connectivity index (χ0n) is 17.4. The highest BCUT2D eigenvalue weighted by Gasteiger charge is 2.25. The van der Waals surface area contributed by atoms with Crippen molar-refractivity contribution in [2.45, 2.75) is 6.92 Å². The number of benzene rings is 2. The molecule has 0 aliphatic carbocycles. The molecule has 2 aromatic rings. The van der Waals surface area contributed by atoms with Crippen LogP contribution in [0.15, 0.2) is 42.5 Å². The van der Waals surface area contributed by atoms with Crippen molar-refractivity contribution < 1.29 is 23.5 Å². The van der Waals surface area contributed by atoms with Gasteiger partial charge in [0, 0.05) is 32.3 Å².